The first-order valence-corrected chi connectivity index (χ1v) is 2.46. The molecular formula is C4H13N3O. The van der Waals surface area contributed by atoms with Gasteiger partial charge < -0.3 is 4.74 Å². The number of rotatable bonds is 2. The van der Waals surface area contributed by atoms with Gasteiger partial charge in [-0.25, -0.2) is 0 Å². The molecule has 0 aromatic heterocycles. The summed E-state index contributed by atoms with van der Waals surface area (Å²) in [5.74, 6) is -1.48. The van der Waals surface area contributed by atoms with Gasteiger partial charge in [-0.05, 0) is 13.8 Å². The zero-order chi connectivity index (χ0) is 6.78. The third-order valence-electron chi connectivity index (χ3n) is 0.440. The molecule has 0 saturated carbocycles. The van der Waals surface area contributed by atoms with Gasteiger partial charge >= 0.3 is 0 Å². The molecule has 6 N–H and O–H groups in total. The second-order valence-corrected chi connectivity index (χ2v) is 2.02. The van der Waals surface area contributed by atoms with Crippen molar-refractivity contribution in [3.8, 4) is 0 Å². The maximum absolute atomic E-state index is 5.07. The van der Waals surface area contributed by atoms with Crippen LogP contribution in [0.3, 0.4) is 0 Å². The Hall–Kier alpha value is -0.160. The molecule has 8 heavy (non-hydrogen) atoms. The van der Waals surface area contributed by atoms with E-state index < -0.39 is 5.97 Å². The molecule has 0 aliphatic heterocycles. The van der Waals surface area contributed by atoms with Gasteiger partial charge in [0.25, 0.3) is 0 Å². The predicted molar refractivity (Wildman–Crippen MR) is 31.5 cm³/mol. The third kappa shape index (κ3) is 5.84. The van der Waals surface area contributed by atoms with Crippen LogP contribution in [-0.2, 0) is 4.74 Å². The molecule has 0 bridgehead atoms. The lowest BCUT2D eigenvalue weighted by Crippen LogP contribution is -2.61. The number of hydrogen-bond acceptors (Lipinski definition) is 4. The fraction of sp³-hybridized carbons (Fsp3) is 1.00. The van der Waals surface area contributed by atoms with Crippen LogP contribution in [0.2, 0.25) is 0 Å². The average molecular weight is 119 g/mol. The quantitative estimate of drug-likeness (QED) is 0.402. The normalized spacial score (nSPS) is 12.8. The third-order valence-corrected chi connectivity index (χ3v) is 0.440. The molecule has 0 aliphatic carbocycles. The van der Waals surface area contributed by atoms with E-state index in [0.29, 0.717) is 0 Å². The van der Waals surface area contributed by atoms with Gasteiger partial charge in [0.1, 0.15) is 0 Å². The first kappa shape index (κ1) is 7.84. The second kappa shape index (κ2) is 2.41. The average Bonchev–Trinajstić information content (AvgIpc) is 1.21. The van der Waals surface area contributed by atoms with E-state index in [-0.39, 0.29) is 6.10 Å². The van der Waals surface area contributed by atoms with Gasteiger partial charge in [0, 0.05) is 0 Å². The topological polar surface area (TPSA) is 87.3 Å². The summed E-state index contributed by atoms with van der Waals surface area (Å²) in [6.45, 7) is 3.61. The Morgan fingerprint density at radius 1 is 1.25 bits per heavy atom. The molecule has 0 atom stereocenters. The maximum atomic E-state index is 5.07. The number of hydrogen-bond donors (Lipinski definition) is 3. The van der Waals surface area contributed by atoms with Crippen LogP contribution in [0, 0.1) is 0 Å². The summed E-state index contributed by atoms with van der Waals surface area (Å²) >= 11 is 0. The van der Waals surface area contributed by atoms with Crippen LogP contribution in [0.25, 0.3) is 0 Å². The molecular weight excluding hydrogens is 106 g/mol. The minimum Gasteiger partial charge on any atom is -0.332 e. The molecule has 0 aromatic carbocycles. The lowest BCUT2D eigenvalue weighted by Gasteiger charge is -2.21. The van der Waals surface area contributed by atoms with Gasteiger partial charge in [-0.3, -0.25) is 17.2 Å². The molecule has 0 unspecified atom stereocenters. The Balaban J connectivity index is 3.39. The Morgan fingerprint density at radius 3 is 1.62 bits per heavy atom. The smallest absolute Gasteiger partial charge is 0.227 e. The van der Waals surface area contributed by atoms with E-state index in [2.05, 4.69) is 0 Å². The Kier molecular flexibility index (Phi) is 2.36. The summed E-state index contributed by atoms with van der Waals surface area (Å²) in [4.78, 5) is 0. The Labute approximate surface area is 49.0 Å². The molecule has 0 heterocycles. The Bertz CT molecular complexity index is 66.2. The summed E-state index contributed by atoms with van der Waals surface area (Å²) in [5.41, 5.74) is 15.2. The van der Waals surface area contributed by atoms with Crippen molar-refractivity contribution >= 4 is 0 Å². The van der Waals surface area contributed by atoms with E-state index in [4.69, 9.17) is 21.9 Å². The van der Waals surface area contributed by atoms with E-state index in [1.807, 2.05) is 0 Å². The van der Waals surface area contributed by atoms with Crippen LogP contribution in [0.1, 0.15) is 13.8 Å². The lowest BCUT2D eigenvalue weighted by molar-refractivity contribution is -0.0682. The molecule has 4 heteroatoms. The van der Waals surface area contributed by atoms with E-state index in [1.165, 1.54) is 0 Å². The van der Waals surface area contributed by atoms with Crippen molar-refractivity contribution in [2.24, 2.45) is 17.2 Å². The first-order valence-electron chi connectivity index (χ1n) is 2.46. The highest BCUT2D eigenvalue weighted by atomic mass is 16.5. The highest BCUT2D eigenvalue weighted by Crippen LogP contribution is 1.90. The van der Waals surface area contributed by atoms with Crippen molar-refractivity contribution in [3.05, 3.63) is 0 Å². The summed E-state index contributed by atoms with van der Waals surface area (Å²) in [6.07, 6.45) is -0.0324. The van der Waals surface area contributed by atoms with Crippen molar-refractivity contribution in [3.63, 3.8) is 0 Å². The zero-order valence-electron chi connectivity index (χ0n) is 5.22. The van der Waals surface area contributed by atoms with Gasteiger partial charge in [-0.15, -0.1) is 0 Å². The molecule has 0 radical (unpaired) electrons. The molecule has 0 saturated heterocycles. The molecule has 0 aliphatic rings. The zero-order valence-corrected chi connectivity index (χ0v) is 5.22. The van der Waals surface area contributed by atoms with E-state index in [9.17, 15) is 0 Å². The van der Waals surface area contributed by atoms with Crippen molar-refractivity contribution in [2.45, 2.75) is 25.9 Å². The minimum atomic E-state index is -1.48. The van der Waals surface area contributed by atoms with Gasteiger partial charge in [0.05, 0.1) is 6.10 Å². The second-order valence-electron chi connectivity index (χ2n) is 2.02. The summed E-state index contributed by atoms with van der Waals surface area (Å²) in [5, 5.41) is 0. The van der Waals surface area contributed by atoms with Crippen LogP contribution >= 0.6 is 0 Å². The maximum Gasteiger partial charge on any atom is 0.227 e. The molecule has 4 nitrogen and oxygen atoms in total. The standard InChI is InChI=1S/C4H13N3O/c1-3(2)8-4(5,6)7/h3H,5-7H2,1-2H3. The number of ether oxygens (including phenoxy) is 1. The van der Waals surface area contributed by atoms with Crippen LogP contribution in [0.4, 0.5) is 0 Å². The molecule has 0 fully saturated rings. The van der Waals surface area contributed by atoms with Gasteiger partial charge in [-0.1, -0.05) is 0 Å². The van der Waals surface area contributed by atoms with E-state index >= 15 is 0 Å². The molecule has 0 amide bonds. The first-order chi connectivity index (χ1) is 3.42. The lowest BCUT2D eigenvalue weighted by atomic mass is 10.5. The summed E-state index contributed by atoms with van der Waals surface area (Å²) in [7, 11) is 0. The fourth-order valence-corrected chi connectivity index (χ4v) is 0.408. The van der Waals surface area contributed by atoms with Gasteiger partial charge in [0.2, 0.25) is 5.97 Å². The number of nitrogens with two attached hydrogens (primary N) is 3. The largest absolute Gasteiger partial charge is 0.332 e. The molecule has 0 spiro atoms. The Morgan fingerprint density at radius 2 is 1.62 bits per heavy atom. The van der Waals surface area contributed by atoms with Crippen LogP contribution in [0.5, 0.6) is 0 Å². The van der Waals surface area contributed by atoms with Crippen LogP contribution in [-0.4, -0.2) is 12.1 Å². The highest BCUT2D eigenvalue weighted by Gasteiger charge is 2.12. The fourth-order valence-electron chi connectivity index (χ4n) is 0.408. The monoisotopic (exact) mass is 119 g/mol. The van der Waals surface area contributed by atoms with Crippen molar-refractivity contribution in [1.29, 1.82) is 0 Å². The van der Waals surface area contributed by atoms with Gasteiger partial charge in [-0.2, -0.15) is 0 Å². The van der Waals surface area contributed by atoms with Crippen molar-refractivity contribution in [2.75, 3.05) is 0 Å². The predicted octanol–water partition coefficient (Wildman–Crippen LogP) is -1.10. The van der Waals surface area contributed by atoms with E-state index in [0.717, 1.165) is 0 Å². The van der Waals surface area contributed by atoms with Crippen LogP contribution < -0.4 is 17.2 Å². The SMILES string of the molecule is CC(C)OC(N)(N)N. The molecule has 0 aromatic rings. The van der Waals surface area contributed by atoms with E-state index in [1.54, 1.807) is 13.8 Å². The van der Waals surface area contributed by atoms with Crippen molar-refractivity contribution in [1.82, 2.24) is 0 Å². The highest BCUT2D eigenvalue weighted by molar-refractivity contribution is 4.52. The minimum absolute atomic E-state index is 0.0324. The summed E-state index contributed by atoms with van der Waals surface area (Å²) in [6, 6.07) is 0. The van der Waals surface area contributed by atoms with Gasteiger partial charge in [0.15, 0.2) is 0 Å². The molecule has 50 valence electrons. The van der Waals surface area contributed by atoms with Crippen LogP contribution in [0.15, 0.2) is 0 Å². The van der Waals surface area contributed by atoms with Crippen molar-refractivity contribution < 1.29 is 4.74 Å². The summed E-state index contributed by atoms with van der Waals surface area (Å²) < 4.78 is 4.77. The molecule has 0 rings (SSSR count).